The molecule has 1 saturated heterocycles. The van der Waals surface area contributed by atoms with Crippen LogP contribution >= 0.6 is 34.7 Å². The van der Waals surface area contributed by atoms with Crippen LogP contribution in [-0.2, 0) is 19.6 Å². The number of thiophene rings is 1. The summed E-state index contributed by atoms with van der Waals surface area (Å²) in [4.78, 5) is 11.1. The van der Waals surface area contributed by atoms with Gasteiger partial charge in [-0.2, -0.15) is 4.31 Å². The highest BCUT2D eigenvalue weighted by Gasteiger charge is 2.33. The number of thioether (sulfide) groups is 1. The molecule has 0 amide bonds. The van der Waals surface area contributed by atoms with Crippen LogP contribution in [0.25, 0.3) is 0 Å². The Balaban J connectivity index is 1.97. The van der Waals surface area contributed by atoms with Crippen LogP contribution in [0.3, 0.4) is 0 Å². The van der Waals surface area contributed by atoms with Crippen molar-refractivity contribution in [3.05, 3.63) is 16.5 Å². The predicted molar refractivity (Wildman–Crippen MR) is 81.0 cm³/mol. The van der Waals surface area contributed by atoms with Gasteiger partial charge < -0.3 is 4.74 Å². The molecule has 112 valence electrons. The largest absolute Gasteiger partial charge is 0.468 e. The Morgan fingerprint density at radius 2 is 2.35 bits per heavy atom. The van der Waals surface area contributed by atoms with Gasteiger partial charge in [0, 0.05) is 18.3 Å². The molecular weight excluding hydrogens is 342 g/mol. The van der Waals surface area contributed by atoms with Gasteiger partial charge in [0.2, 0.25) is 0 Å². The van der Waals surface area contributed by atoms with Crippen molar-refractivity contribution in [1.29, 1.82) is 0 Å². The van der Waals surface area contributed by atoms with E-state index in [0.29, 0.717) is 17.4 Å². The van der Waals surface area contributed by atoms with Crippen molar-refractivity contribution in [3.63, 3.8) is 0 Å². The Hall–Kier alpha value is -0.280. The van der Waals surface area contributed by atoms with E-state index in [1.54, 1.807) is 6.07 Å². The van der Waals surface area contributed by atoms with Crippen LogP contribution in [0.15, 0.2) is 16.3 Å². The maximum Gasteiger partial charge on any atom is 0.315 e. The van der Waals surface area contributed by atoms with Gasteiger partial charge in [-0.3, -0.25) is 4.79 Å². The first kappa shape index (κ1) is 16.1. The third-order valence-electron chi connectivity index (χ3n) is 2.92. The number of carbonyl (C=O) groups is 1. The molecule has 1 aliphatic heterocycles. The molecule has 0 spiro atoms. The van der Waals surface area contributed by atoms with Crippen molar-refractivity contribution < 1.29 is 17.9 Å². The van der Waals surface area contributed by atoms with Crippen LogP contribution in [0, 0.1) is 0 Å². The number of methoxy groups -OCH3 is 1. The summed E-state index contributed by atoms with van der Waals surface area (Å²) in [6.45, 7) is 0.885. The van der Waals surface area contributed by atoms with Gasteiger partial charge in [0.25, 0.3) is 10.0 Å². The Morgan fingerprint density at radius 1 is 1.60 bits per heavy atom. The Bertz CT molecular complexity index is 586. The van der Waals surface area contributed by atoms with Crippen molar-refractivity contribution in [2.45, 2.75) is 15.9 Å². The van der Waals surface area contributed by atoms with E-state index in [4.69, 9.17) is 11.6 Å². The van der Waals surface area contributed by atoms with Crippen LogP contribution in [0.4, 0.5) is 0 Å². The van der Waals surface area contributed by atoms with E-state index in [-0.39, 0.29) is 21.2 Å². The second-order valence-electron chi connectivity index (χ2n) is 4.22. The van der Waals surface area contributed by atoms with E-state index in [0.717, 1.165) is 17.8 Å². The highest BCUT2D eigenvalue weighted by atomic mass is 35.5. The van der Waals surface area contributed by atoms with E-state index in [1.807, 2.05) is 0 Å². The number of esters is 1. The smallest absolute Gasteiger partial charge is 0.315 e. The quantitative estimate of drug-likeness (QED) is 0.756. The number of hydrogen-bond acceptors (Lipinski definition) is 6. The number of carbonyl (C=O) groups excluding carboxylic acids is 1. The van der Waals surface area contributed by atoms with Crippen molar-refractivity contribution in [1.82, 2.24) is 4.31 Å². The number of sulfonamides is 1. The number of rotatable bonds is 5. The third kappa shape index (κ3) is 3.67. The molecule has 0 saturated carbocycles. The molecule has 9 heteroatoms. The molecular formula is C11H14ClNO4S3. The van der Waals surface area contributed by atoms with Crippen LogP contribution in [0.5, 0.6) is 0 Å². The fourth-order valence-electron chi connectivity index (χ4n) is 1.86. The first-order valence-corrected chi connectivity index (χ1v) is 9.55. The second-order valence-corrected chi connectivity index (χ2v) is 9.39. The van der Waals surface area contributed by atoms with Gasteiger partial charge in [0.1, 0.15) is 4.21 Å². The van der Waals surface area contributed by atoms with E-state index in [9.17, 15) is 13.2 Å². The van der Waals surface area contributed by atoms with Crippen molar-refractivity contribution in [2.75, 3.05) is 26.0 Å². The van der Waals surface area contributed by atoms with E-state index in [2.05, 4.69) is 4.74 Å². The summed E-state index contributed by atoms with van der Waals surface area (Å²) in [5.74, 6) is -0.0405. The van der Waals surface area contributed by atoms with Crippen molar-refractivity contribution in [3.8, 4) is 0 Å². The van der Waals surface area contributed by atoms with Crippen LogP contribution in [0.2, 0.25) is 4.34 Å². The lowest BCUT2D eigenvalue weighted by Crippen LogP contribution is -2.28. The monoisotopic (exact) mass is 355 g/mol. The number of nitrogens with zero attached hydrogens (tertiary/aromatic N) is 1. The zero-order valence-corrected chi connectivity index (χ0v) is 13.9. The molecule has 20 heavy (non-hydrogen) atoms. The lowest BCUT2D eigenvalue weighted by atomic mass is 10.4. The van der Waals surface area contributed by atoms with Gasteiger partial charge in [-0.15, -0.1) is 23.1 Å². The Labute approximate surface area is 131 Å². The molecule has 1 unspecified atom stereocenters. The number of hydrogen-bond donors (Lipinski definition) is 0. The molecule has 1 aromatic rings. The predicted octanol–water partition coefficient (Wildman–Crippen LogP) is 2.07. The lowest BCUT2D eigenvalue weighted by Gasteiger charge is -2.15. The van der Waals surface area contributed by atoms with Gasteiger partial charge in [-0.1, -0.05) is 11.6 Å². The maximum atomic E-state index is 12.4. The third-order valence-corrected chi connectivity index (χ3v) is 7.74. The number of halogens is 1. The van der Waals surface area contributed by atoms with Gasteiger partial charge in [0.15, 0.2) is 0 Å². The molecule has 2 heterocycles. The summed E-state index contributed by atoms with van der Waals surface area (Å²) < 4.78 is 31.5. The van der Waals surface area contributed by atoms with Gasteiger partial charge in [0.05, 0.1) is 17.2 Å². The van der Waals surface area contributed by atoms with Gasteiger partial charge in [-0.05, 0) is 18.6 Å². The molecule has 0 aliphatic carbocycles. The highest BCUT2D eigenvalue weighted by molar-refractivity contribution is 8.00. The first-order valence-electron chi connectivity index (χ1n) is 5.87. The molecule has 2 rings (SSSR count). The van der Waals surface area contributed by atoms with E-state index in [1.165, 1.54) is 29.2 Å². The average Bonchev–Trinajstić information content (AvgIpc) is 3.05. The zero-order chi connectivity index (χ0) is 14.8. The van der Waals surface area contributed by atoms with Crippen molar-refractivity contribution >= 4 is 50.7 Å². The van der Waals surface area contributed by atoms with E-state index >= 15 is 0 Å². The minimum absolute atomic E-state index is 0.124. The molecule has 0 radical (unpaired) electrons. The summed E-state index contributed by atoms with van der Waals surface area (Å²) in [5.41, 5.74) is 0. The summed E-state index contributed by atoms with van der Waals surface area (Å²) in [6, 6.07) is 3.11. The molecule has 1 fully saturated rings. The lowest BCUT2D eigenvalue weighted by molar-refractivity contribution is -0.137. The van der Waals surface area contributed by atoms with Gasteiger partial charge >= 0.3 is 5.97 Å². The molecule has 1 aromatic heterocycles. The fraction of sp³-hybridized carbons (Fsp3) is 0.545. The molecule has 0 bridgehead atoms. The summed E-state index contributed by atoms with van der Waals surface area (Å²) >= 11 is 8.28. The Morgan fingerprint density at radius 3 is 2.95 bits per heavy atom. The summed E-state index contributed by atoms with van der Waals surface area (Å²) in [5, 5.41) is 0.124. The molecule has 0 aromatic carbocycles. The molecule has 1 aliphatic rings. The Kier molecular flexibility index (Phi) is 5.36. The normalized spacial score (nSPS) is 20.2. The van der Waals surface area contributed by atoms with Gasteiger partial charge in [-0.25, -0.2) is 8.42 Å². The van der Waals surface area contributed by atoms with Crippen LogP contribution in [-0.4, -0.2) is 49.9 Å². The SMILES string of the molecule is COC(=O)CSC1CCN(S(=O)(=O)c2ccc(Cl)s2)C1. The zero-order valence-electron chi connectivity index (χ0n) is 10.7. The minimum Gasteiger partial charge on any atom is -0.468 e. The second kappa shape index (κ2) is 6.65. The summed E-state index contributed by atoms with van der Waals surface area (Å²) in [7, 11) is -2.11. The topological polar surface area (TPSA) is 63.7 Å². The minimum atomic E-state index is -3.46. The summed E-state index contributed by atoms with van der Waals surface area (Å²) in [6.07, 6.45) is 0.736. The standard InChI is InChI=1S/C11H14ClNO4S3/c1-17-10(14)7-18-8-4-5-13(6-8)20(15,16)11-3-2-9(12)19-11/h2-3,8H,4-7H2,1H3. The van der Waals surface area contributed by atoms with Crippen LogP contribution in [0.1, 0.15) is 6.42 Å². The number of ether oxygens (including phenoxy) is 1. The fourth-order valence-corrected chi connectivity index (χ4v) is 6.14. The first-order chi connectivity index (χ1) is 9.43. The average molecular weight is 356 g/mol. The van der Waals surface area contributed by atoms with Crippen molar-refractivity contribution in [2.24, 2.45) is 0 Å². The maximum absolute atomic E-state index is 12.4. The highest BCUT2D eigenvalue weighted by Crippen LogP contribution is 2.32. The molecule has 5 nitrogen and oxygen atoms in total. The van der Waals surface area contributed by atoms with E-state index < -0.39 is 10.0 Å². The molecule has 1 atom stereocenters. The van der Waals surface area contributed by atoms with Crippen LogP contribution < -0.4 is 0 Å². The molecule has 0 N–H and O–H groups in total.